The van der Waals surface area contributed by atoms with E-state index in [0.29, 0.717) is 11.3 Å². The van der Waals surface area contributed by atoms with Gasteiger partial charge in [-0.3, -0.25) is 0 Å². The van der Waals surface area contributed by atoms with E-state index in [1.165, 1.54) is 165 Å². The second-order valence-electron chi connectivity index (χ2n) is 15.6. The van der Waals surface area contributed by atoms with Crippen molar-refractivity contribution < 1.29 is 14.3 Å². The largest absolute Gasteiger partial charge is 0.423 e. The number of ether oxygens (including phenoxy) is 2. The molecule has 294 valence electrons. The molecule has 0 aromatic heterocycles. The van der Waals surface area contributed by atoms with E-state index >= 15 is 0 Å². The molecule has 0 fully saturated rings. The van der Waals surface area contributed by atoms with E-state index in [1.807, 2.05) is 48.5 Å². The van der Waals surface area contributed by atoms with Crippen LogP contribution < -0.4 is 4.74 Å². The van der Waals surface area contributed by atoms with Gasteiger partial charge in [0.25, 0.3) is 0 Å². The van der Waals surface area contributed by atoms with Gasteiger partial charge in [-0.25, -0.2) is 4.79 Å². The van der Waals surface area contributed by atoms with Gasteiger partial charge in [-0.15, -0.1) is 0 Å². The normalized spacial score (nSPS) is 11.9. The fraction of sp³-hybridized carbons (Fsp3) is 0.620. The van der Waals surface area contributed by atoms with Crippen molar-refractivity contribution in [3.8, 4) is 16.9 Å². The maximum absolute atomic E-state index is 12.9. The summed E-state index contributed by atoms with van der Waals surface area (Å²) in [5.41, 5.74) is 5.32. The van der Waals surface area contributed by atoms with Crippen molar-refractivity contribution in [3.05, 3.63) is 89.5 Å². The summed E-state index contributed by atoms with van der Waals surface area (Å²) in [4.78, 5) is 12.9. The molecule has 0 saturated carbocycles. The highest BCUT2D eigenvalue weighted by molar-refractivity contribution is 5.91. The zero-order valence-electron chi connectivity index (χ0n) is 34.3. The van der Waals surface area contributed by atoms with E-state index in [9.17, 15) is 4.79 Å². The third-order valence-electron chi connectivity index (χ3n) is 10.9. The highest BCUT2D eigenvalue weighted by Gasteiger charge is 2.11. The fourth-order valence-corrected chi connectivity index (χ4v) is 7.28. The van der Waals surface area contributed by atoms with Gasteiger partial charge in [-0.2, -0.15) is 0 Å². The Morgan fingerprint density at radius 3 is 1.32 bits per heavy atom. The number of carbonyl (C=O) groups is 1. The van der Waals surface area contributed by atoms with Gasteiger partial charge in [0.05, 0.1) is 11.7 Å². The number of rotatable bonds is 32. The van der Waals surface area contributed by atoms with Crippen molar-refractivity contribution in [2.24, 2.45) is 0 Å². The quantitative estimate of drug-likeness (QED) is 0.0365. The molecule has 3 aromatic carbocycles. The van der Waals surface area contributed by atoms with Crippen LogP contribution in [0.1, 0.15) is 209 Å². The Morgan fingerprint density at radius 2 is 0.868 bits per heavy atom. The SMILES string of the molecule is CCCCCCCCCCCCCCCCCCCCOC(C)c1ccc(OC(=O)c2ccc(-c3ccc(CCCCCCCCC)cc3)cc2)cc1. The lowest BCUT2D eigenvalue weighted by Crippen LogP contribution is -2.08. The maximum Gasteiger partial charge on any atom is 0.343 e. The van der Waals surface area contributed by atoms with E-state index in [1.54, 1.807) is 0 Å². The van der Waals surface area contributed by atoms with Crippen LogP contribution >= 0.6 is 0 Å². The molecule has 1 atom stereocenters. The van der Waals surface area contributed by atoms with E-state index in [4.69, 9.17) is 9.47 Å². The van der Waals surface area contributed by atoms with Crippen molar-refractivity contribution in [3.63, 3.8) is 0 Å². The zero-order valence-corrected chi connectivity index (χ0v) is 34.3. The van der Waals surface area contributed by atoms with Crippen LogP contribution in [0.25, 0.3) is 11.1 Å². The average Bonchev–Trinajstić information content (AvgIpc) is 3.19. The van der Waals surface area contributed by atoms with Gasteiger partial charge in [0.1, 0.15) is 5.75 Å². The predicted molar refractivity (Wildman–Crippen MR) is 228 cm³/mol. The Balaban J connectivity index is 1.20. The summed E-state index contributed by atoms with van der Waals surface area (Å²) in [5.74, 6) is 0.211. The van der Waals surface area contributed by atoms with Crippen molar-refractivity contribution in [2.45, 2.75) is 194 Å². The second-order valence-corrected chi connectivity index (χ2v) is 15.6. The van der Waals surface area contributed by atoms with Gasteiger partial charge in [0, 0.05) is 6.61 Å². The predicted octanol–water partition coefficient (Wildman–Crippen LogP) is 16.0. The molecule has 3 heteroatoms. The lowest BCUT2D eigenvalue weighted by molar-refractivity contribution is 0.0627. The third-order valence-corrected chi connectivity index (χ3v) is 10.9. The topological polar surface area (TPSA) is 35.5 Å². The number of aryl methyl sites for hydroxylation is 1. The third kappa shape index (κ3) is 20.4. The van der Waals surface area contributed by atoms with Crippen LogP contribution in [0, 0.1) is 0 Å². The smallest absolute Gasteiger partial charge is 0.343 e. The first-order valence-electron chi connectivity index (χ1n) is 22.2. The van der Waals surface area contributed by atoms with E-state index < -0.39 is 0 Å². The van der Waals surface area contributed by atoms with Gasteiger partial charge in [-0.05, 0) is 72.7 Å². The molecule has 0 radical (unpaired) electrons. The van der Waals surface area contributed by atoms with Gasteiger partial charge in [0.15, 0.2) is 0 Å². The molecule has 0 saturated heterocycles. The molecule has 3 nitrogen and oxygen atoms in total. The van der Waals surface area contributed by atoms with E-state index in [2.05, 4.69) is 45.0 Å². The van der Waals surface area contributed by atoms with Crippen LogP contribution in [-0.2, 0) is 11.2 Å². The molecule has 0 amide bonds. The Labute approximate surface area is 326 Å². The standard InChI is InChI=1S/C50H76O3/c1-4-6-8-10-12-13-14-15-16-17-18-19-20-21-22-24-26-28-42-52-43(3)45-38-40-49(41-39-45)53-50(51)48-36-34-47(35-37-48)46-32-30-44(31-33-46)29-27-25-23-11-9-7-5-2/h30-41,43H,4-29,42H2,1-3H3. The Kier molecular flexibility index (Phi) is 24.7. The number of hydrogen-bond donors (Lipinski definition) is 0. The molecule has 3 aromatic rings. The Hall–Kier alpha value is -2.91. The van der Waals surface area contributed by atoms with Crippen LogP contribution in [-0.4, -0.2) is 12.6 Å². The van der Waals surface area contributed by atoms with Crippen molar-refractivity contribution in [1.29, 1.82) is 0 Å². The fourth-order valence-electron chi connectivity index (χ4n) is 7.28. The summed E-state index contributed by atoms with van der Waals surface area (Å²) in [6.07, 6.45) is 35.5. The minimum atomic E-state index is -0.340. The Bertz CT molecular complexity index is 1290. The molecule has 53 heavy (non-hydrogen) atoms. The van der Waals surface area contributed by atoms with Crippen molar-refractivity contribution in [2.75, 3.05) is 6.61 Å². The van der Waals surface area contributed by atoms with Gasteiger partial charge >= 0.3 is 5.97 Å². The zero-order chi connectivity index (χ0) is 37.6. The second kappa shape index (κ2) is 29.4. The lowest BCUT2D eigenvalue weighted by atomic mass is 10.00. The molecule has 0 aliphatic heterocycles. The molecule has 0 aliphatic rings. The molecule has 1 unspecified atom stereocenters. The van der Waals surface area contributed by atoms with Gasteiger partial charge in [0.2, 0.25) is 0 Å². The van der Waals surface area contributed by atoms with Crippen LogP contribution in [0.2, 0.25) is 0 Å². The first-order chi connectivity index (χ1) is 26.1. The van der Waals surface area contributed by atoms with Crippen LogP contribution in [0.4, 0.5) is 0 Å². The summed E-state index contributed by atoms with van der Waals surface area (Å²) < 4.78 is 11.8. The molecular formula is C50H76O3. The van der Waals surface area contributed by atoms with Gasteiger partial charge in [-0.1, -0.05) is 210 Å². The molecule has 0 bridgehead atoms. The minimum Gasteiger partial charge on any atom is -0.423 e. The summed E-state index contributed by atoms with van der Waals surface area (Å²) in [6, 6.07) is 24.3. The molecule has 3 rings (SSSR count). The maximum atomic E-state index is 12.9. The summed E-state index contributed by atoms with van der Waals surface area (Å²) in [7, 11) is 0. The average molecular weight is 725 g/mol. The molecule has 0 N–H and O–H groups in total. The van der Waals surface area contributed by atoms with E-state index in [-0.39, 0.29) is 12.1 Å². The summed E-state index contributed by atoms with van der Waals surface area (Å²) in [5, 5.41) is 0. The molecule has 0 spiro atoms. The highest BCUT2D eigenvalue weighted by atomic mass is 16.5. The van der Waals surface area contributed by atoms with Crippen molar-refractivity contribution in [1.82, 2.24) is 0 Å². The number of carbonyl (C=O) groups excluding carboxylic acids is 1. The number of esters is 1. The number of benzene rings is 3. The Morgan fingerprint density at radius 1 is 0.472 bits per heavy atom. The number of hydrogen-bond acceptors (Lipinski definition) is 3. The highest BCUT2D eigenvalue weighted by Crippen LogP contribution is 2.24. The van der Waals surface area contributed by atoms with Gasteiger partial charge < -0.3 is 9.47 Å². The molecule has 0 heterocycles. The minimum absolute atomic E-state index is 0.0208. The first-order valence-corrected chi connectivity index (χ1v) is 22.2. The molecular weight excluding hydrogens is 649 g/mol. The van der Waals surface area contributed by atoms with E-state index in [0.717, 1.165) is 30.6 Å². The lowest BCUT2D eigenvalue weighted by Gasteiger charge is -2.14. The summed E-state index contributed by atoms with van der Waals surface area (Å²) in [6.45, 7) is 7.45. The first kappa shape index (κ1) is 44.5. The monoisotopic (exact) mass is 725 g/mol. The van der Waals surface area contributed by atoms with Crippen LogP contribution in [0.5, 0.6) is 5.75 Å². The van der Waals surface area contributed by atoms with Crippen LogP contribution in [0.3, 0.4) is 0 Å². The number of unbranched alkanes of at least 4 members (excludes halogenated alkanes) is 23. The molecule has 0 aliphatic carbocycles. The van der Waals surface area contributed by atoms with Crippen LogP contribution in [0.15, 0.2) is 72.8 Å². The summed E-state index contributed by atoms with van der Waals surface area (Å²) >= 11 is 0. The van der Waals surface area contributed by atoms with Crippen molar-refractivity contribution >= 4 is 5.97 Å².